The zero-order chi connectivity index (χ0) is 15.6. The molecule has 1 aliphatic rings. The van der Waals surface area contributed by atoms with Crippen LogP contribution < -0.4 is 4.90 Å². The van der Waals surface area contributed by atoms with Crippen LogP contribution in [0, 0.1) is 0 Å². The molecule has 1 fully saturated rings. The van der Waals surface area contributed by atoms with Crippen molar-refractivity contribution >= 4 is 21.7 Å². The van der Waals surface area contributed by atoms with Crippen LogP contribution in [0.4, 0.5) is 5.69 Å². The molecule has 1 saturated heterocycles. The van der Waals surface area contributed by atoms with Crippen molar-refractivity contribution in [3.8, 4) is 0 Å². The van der Waals surface area contributed by atoms with Gasteiger partial charge in [-0.05, 0) is 19.1 Å². The second-order valence-corrected chi connectivity index (χ2v) is 7.24. The van der Waals surface area contributed by atoms with Crippen LogP contribution >= 0.6 is 0 Å². The Bertz CT molecular complexity index is 603. The predicted molar refractivity (Wildman–Crippen MR) is 80.8 cm³/mol. The van der Waals surface area contributed by atoms with Gasteiger partial charge in [-0.15, -0.1) is 0 Å². The molecular weight excluding hydrogens is 292 g/mol. The van der Waals surface area contributed by atoms with E-state index in [0.29, 0.717) is 13.1 Å². The standard InChI is InChI=1S/C14H20N2O4S/c1-11-13(10-14(17)18)16(21(2,19)20)9-8-15(11)12-6-4-3-5-7-12/h3-7,11,13H,8-10H2,1-2H3,(H,17,18)/t11-,13+/m0/s1. The molecule has 7 heteroatoms. The van der Waals surface area contributed by atoms with Gasteiger partial charge in [0.05, 0.1) is 18.7 Å². The summed E-state index contributed by atoms with van der Waals surface area (Å²) in [5.41, 5.74) is 0.980. The monoisotopic (exact) mass is 312 g/mol. The van der Waals surface area contributed by atoms with Crippen LogP contribution in [-0.2, 0) is 14.8 Å². The Morgan fingerprint density at radius 3 is 2.43 bits per heavy atom. The first-order valence-electron chi connectivity index (χ1n) is 6.81. The number of sulfonamides is 1. The number of piperazine rings is 1. The summed E-state index contributed by atoms with van der Waals surface area (Å²) in [5, 5.41) is 9.08. The highest BCUT2D eigenvalue weighted by molar-refractivity contribution is 7.88. The lowest BCUT2D eigenvalue weighted by molar-refractivity contribution is -0.138. The van der Waals surface area contributed by atoms with Crippen molar-refractivity contribution in [2.45, 2.75) is 25.4 Å². The number of aliphatic carboxylic acids is 1. The number of hydrogen-bond acceptors (Lipinski definition) is 4. The second-order valence-electron chi connectivity index (χ2n) is 5.31. The fraction of sp³-hybridized carbons (Fsp3) is 0.500. The number of rotatable bonds is 4. The lowest BCUT2D eigenvalue weighted by Gasteiger charge is -2.45. The molecule has 1 aliphatic heterocycles. The van der Waals surface area contributed by atoms with Crippen molar-refractivity contribution in [3.05, 3.63) is 30.3 Å². The summed E-state index contributed by atoms with van der Waals surface area (Å²) in [6.07, 6.45) is 0.935. The van der Waals surface area contributed by atoms with Gasteiger partial charge in [0.25, 0.3) is 0 Å². The summed E-state index contributed by atoms with van der Waals surface area (Å²) >= 11 is 0. The Labute approximate surface area is 125 Å². The molecule has 0 amide bonds. The second kappa shape index (κ2) is 6.03. The minimum Gasteiger partial charge on any atom is -0.481 e. The van der Waals surface area contributed by atoms with Gasteiger partial charge in [0, 0.05) is 24.8 Å². The van der Waals surface area contributed by atoms with Crippen LogP contribution in [0.3, 0.4) is 0 Å². The summed E-state index contributed by atoms with van der Waals surface area (Å²) in [6, 6.07) is 8.87. The average Bonchev–Trinajstić information content (AvgIpc) is 2.40. The van der Waals surface area contributed by atoms with Crippen LogP contribution in [0.15, 0.2) is 30.3 Å². The smallest absolute Gasteiger partial charge is 0.305 e. The molecule has 1 aromatic rings. The Kier molecular flexibility index (Phi) is 4.53. The van der Waals surface area contributed by atoms with E-state index in [1.165, 1.54) is 4.31 Å². The molecular formula is C14H20N2O4S. The van der Waals surface area contributed by atoms with Gasteiger partial charge in [-0.3, -0.25) is 4.79 Å². The Morgan fingerprint density at radius 2 is 1.90 bits per heavy atom. The quantitative estimate of drug-likeness (QED) is 0.897. The molecule has 0 bridgehead atoms. The highest BCUT2D eigenvalue weighted by atomic mass is 32.2. The third-order valence-electron chi connectivity index (χ3n) is 3.88. The number of carbonyl (C=O) groups is 1. The van der Waals surface area contributed by atoms with E-state index in [1.807, 2.05) is 37.3 Å². The van der Waals surface area contributed by atoms with E-state index in [2.05, 4.69) is 4.90 Å². The molecule has 6 nitrogen and oxygen atoms in total. The van der Waals surface area contributed by atoms with Crippen LogP contribution in [0.25, 0.3) is 0 Å². The van der Waals surface area contributed by atoms with E-state index in [1.54, 1.807) is 0 Å². The molecule has 116 valence electrons. The highest BCUT2D eigenvalue weighted by Crippen LogP contribution is 2.27. The van der Waals surface area contributed by atoms with Gasteiger partial charge in [0.2, 0.25) is 10.0 Å². The first-order valence-corrected chi connectivity index (χ1v) is 8.66. The van der Waals surface area contributed by atoms with E-state index in [9.17, 15) is 13.2 Å². The number of para-hydroxylation sites is 1. The van der Waals surface area contributed by atoms with Gasteiger partial charge in [0.1, 0.15) is 0 Å². The van der Waals surface area contributed by atoms with E-state index >= 15 is 0 Å². The summed E-state index contributed by atoms with van der Waals surface area (Å²) in [4.78, 5) is 13.2. The molecule has 0 aliphatic carbocycles. The molecule has 1 N–H and O–H groups in total. The molecule has 2 atom stereocenters. The maximum absolute atomic E-state index is 11.9. The maximum atomic E-state index is 11.9. The number of nitrogens with zero attached hydrogens (tertiary/aromatic N) is 2. The van der Waals surface area contributed by atoms with Gasteiger partial charge in [0.15, 0.2) is 0 Å². The van der Waals surface area contributed by atoms with Crippen LogP contribution in [0.2, 0.25) is 0 Å². The Balaban J connectivity index is 2.31. The zero-order valence-electron chi connectivity index (χ0n) is 12.1. The molecule has 0 aromatic heterocycles. The van der Waals surface area contributed by atoms with E-state index in [-0.39, 0.29) is 12.5 Å². The van der Waals surface area contributed by atoms with Crippen molar-refractivity contribution in [2.75, 3.05) is 24.2 Å². The molecule has 1 heterocycles. The summed E-state index contributed by atoms with van der Waals surface area (Å²) in [5.74, 6) is -0.990. The van der Waals surface area contributed by atoms with E-state index in [0.717, 1.165) is 11.9 Å². The van der Waals surface area contributed by atoms with Crippen molar-refractivity contribution in [1.29, 1.82) is 0 Å². The van der Waals surface area contributed by atoms with Gasteiger partial charge in [-0.2, -0.15) is 4.31 Å². The Hall–Kier alpha value is -1.60. The van der Waals surface area contributed by atoms with Crippen molar-refractivity contribution in [3.63, 3.8) is 0 Å². The third-order valence-corrected chi connectivity index (χ3v) is 5.18. The van der Waals surface area contributed by atoms with Gasteiger partial charge in [-0.25, -0.2) is 8.42 Å². The maximum Gasteiger partial charge on any atom is 0.305 e. The van der Waals surface area contributed by atoms with Gasteiger partial charge < -0.3 is 10.0 Å². The summed E-state index contributed by atoms with van der Waals surface area (Å²) in [6.45, 7) is 2.72. The highest BCUT2D eigenvalue weighted by Gasteiger charge is 2.39. The number of hydrogen-bond donors (Lipinski definition) is 1. The van der Waals surface area contributed by atoms with Crippen LogP contribution in [0.1, 0.15) is 13.3 Å². The SMILES string of the molecule is C[C@H]1[C@@H](CC(=O)O)N(S(C)(=O)=O)CCN1c1ccccc1. The topological polar surface area (TPSA) is 77.9 Å². The lowest BCUT2D eigenvalue weighted by atomic mass is 10.0. The third kappa shape index (κ3) is 3.54. The minimum atomic E-state index is -3.42. The van der Waals surface area contributed by atoms with Crippen molar-refractivity contribution in [2.24, 2.45) is 0 Å². The number of anilines is 1. The number of carboxylic acids is 1. The van der Waals surface area contributed by atoms with Crippen molar-refractivity contribution in [1.82, 2.24) is 4.31 Å². The largest absolute Gasteiger partial charge is 0.481 e. The van der Waals surface area contributed by atoms with E-state index in [4.69, 9.17) is 5.11 Å². The zero-order valence-corrected chi connectivity index (χ0v) is 13.0. The summed E-state index contributed by atoms with van der Waals surface area (Å²) in [7, 11) is -3.42. The first-order chi connectivity index (χ1) is 9.80. The van der Waals surface area contributed by atoms with Crippen molar-refractivity contribution < 1.29 is 18.3 Å². The van der Waals surface area contributed by atoms with Gasteiger partial charge in [-0.1, -0.05) is 18.2 Å². The fourth-order valence-electron chi connectivity index (χ4n) is 2.87. The van der Waals surface area contributed by atoms with Crippen LogP contribution in [0.5, 0.6) is 0 Å². The molecule has 0 spiro atoms. The fourth-order valence-corrected chi connectivity index (χ4v) is 4.03. The Morgan fingerprint density at radius 1 is 1.29 bits per heavy atom. The lowest BCUT2D eigenvalue weighted by Crippen LogP contribution is -2.60. The molecule has 0 unspecified atom stereocenters. The molecule has 0 saturated carbocycles. The van der Waals surface area contributed by atoms with E-state index < -0.39 is 22.0 Å². The minimum absolute atomic E-state index is 0.197. The van der Waals surface area contributed by atoms with Gasteiger partial charge >= 0.3 is 5.97 Å². The molecule has 1 aromatic carbocycles. The molecule has 21 heavy (non-hydrogen) atoms. The number of carboxylic acid groups (broad SMARTS) is 1. The molecule has 0 radical (unpaired) electrons. The predicted octanol–water partition coefficient (Wildman–Crippen LogP) is 1.00. The number of benzene rings is 1. The van der Waals surface area contributed by atoms with Crippen LogP contribution in [-0.4, -0.2) is 55.2 Å². The normalized spacial score (nSPS) is 24.0. The average molecular weight is 312 g/mol. The molecule has 2 rings (SSSR count). The first kappa shape index (κ1) is 15.8. The summed E-state index contributed by atoms with van der Waals surface area (Å²) < 4.78 is 25.1.